The number of hydrogen-bond donors (Lipinski definition) is 1. The largest absolute Gasteiger partial charge is 0.497 e. The predicted octanol–water partition coefficient (Wildman–Crippen LogP) is 2.35. The number of aliphatic imine (C=N–C) groups is 1. The number of hydrogen-bond acceptors (Lipinski definition) is 4. The molecule has 1 aliphatic heterocycles. The van der Waals surface area contributed by atoms with Crippen LogP contribution in [-0.4, -0.2) is 57.3 Å². The van der Waals surface area contributed by atoms with Crippen molar-refractivity contribution in [2.45, 2.75) is 0 Å². The summed E-state index contributed by atoms with van der Waals surface area (Å²) in [6.45, 7) is 4.17. The second kappa shape index (κ2) is 9.12. The molecule has 1 aliphatic rings. The quantitative estimate of drug-likeness (QED) is 0.479. The van der Waals surface area contributed by atoms with Crippen LogP contribution in [0, 0.1) is 5.82 Å². The lowest BCUT2D eigenvalue weighted by Gasteiger charge is -2.36. The number of piperazine rings is 1. The van der Waals surface area contributed by atoms with Crippen molar-refractivity contribution in [3.63, 3.8) is 0 Å². The van der Waals surface area contributed by atoms with Crippen molar-refractivity contribution in [2.75, 3.05) is 51.3 Å². The first-order chi connectivity index (χ1) is 13.2. The second-order valence-corrected chi connectivity index (χ2v) is 6.21. The molecule has 0 amide bonds. The van der Waals surface area contributed by atoms with Gasteiger partial charge < -0.3 is 25.0 Å². The summed E-state index contributed by atoms with van der Waals surface area (Å²) in [6.07, 6.45) is 0. The summed E-state index contributed by atoms with van der Waals surface area (Å²) in [5, 5.41) is 0. The highest BCUT2D eigenvalue weighted by atomic mass is 19.1. The van der Waals surface area contributed by atoms with Crippen LogP contribution in [0.3, 0.4) is 0 Å². The Hall–Kier alpha value is -2.96. The molecule has 0 atom stereocenters. The van der Waals surface area contributed by atoms with Gasteiger partial charge in [-0.3, -0.25) is 0 Å². The smallest absolute Gasteiger partial charge is 0.191 e. The molecular formula is C20H25FN4O2. The maximum atomic E-state index is 13.0. The van der Waals surface area contributed by atoms with Gasteiger partial charge in [0.15, 0.2) is 5.96 Å². The third-order valence-electron chi connectivity index (χ3n) is 4.49. The van der Waals surface area contributed by atoms with Crippen molar-refractivity contribution < 1.29 is 13.9 Å². The van der Waals surface area contributed by atoms with Crippen molar-refractivity contribution in [3.8, 4) is 11.5 Å². The molecule has 2 aromatic rings. The number of rotatable bonds is 6. The van der Waals surface area contributed by atoms with Gasteiger partial charge in [0, 0.05) is 31.9 Å². The fourth-order valence-corrected chi connectivity index (χ4v) is 2.94. The summed E-state index contributed by atoms with van der Waals surface area (Å²) in [4.78, 5) is 8.69. The molecule has 1 heterocycles. The number of guanidine groups is 1. The van der Waals surface area contributed by atoms with Crippen LogP contribution >= 0.6 is 0 Å². The van der Waals surface area contributed by atoms with Gasteiger partial charge in [-0.1, -0.05) is 0 Å². The first-order valence-electron chi connectivity index (χ1n) is 8.98. The minimum absolute atomic E-state index is 0.217. The Morgan fingerprint density at radius 3 is 2.26 bits per heavy atom. The Balaban J connectivity index is 1.41. The lowest BCUT2D eigenvalue weighted by Crippen LogP contribution is -2.51. The highest BCUT2D eigenvalue weighted by molar-refractivity contribution is 5.78. The van der Waals surface area contributed by atoms with Gasteiger partial charge in [0.05, 0.1) is 13.7 Å². The summed E-state index contributed by atoms with van der Waals surface area (Å²) in [5.41, 5.74) is 7.13. The Morgan fingerprint density at radius 1 is 1.00 bits per heavy atom. The first-order valence-corrected chi connectivity index (χ1v) is 8.98. The van der Waals surface area contributed by atoms with Crippen molar-refractivity contribution >= 4 is 11.6 Å². The fraction of sp³-hybridized carbons (Fsp3) is 0.350. The van der Waals surface area contributed by atoms with E-state index in [1.54, 1.807) is 19.2 Å². The van der Waals surface area contributed by atoms with Crippen LogP contribution in [0.1, 0.15) is 0 Å². The van der Waals surface area contributed by atoms with Crippen LogP contribution in [0.4, 0.5) is 10.1 Å². The van der Waals surface area contributed by atoms with Gasteiger partial charge in [-0.2, -0.15) is 0 Å². The average molecular weight is 372 g/mol. The average Bonchev–Trinajstić information content (AvgIpc) is 2.72. The summed E-state index contributed by atoms with van der Waals surface area (Å²) in [6, 6.07) is 14.0. The van der Waals surface area contributed by atoms with Crippen molar-refractivity contribution in [1.29, 1.82) is 0 Å². The third kappa shape index (κ3) is 5.26. The minimum atomic E-state index is -0.217. The molecule has 1 saturated heterocycles. The maximum absolute atomic E-state index is 13.0. The van der Waals surface area contributed by atoms with Gasteiger partial charge in [0.2, 0.25) is 0 Å². The van der Waals surface area contributed by atoms with Crippen LogP contribution in [0.25, 0.3) is 0 Å². The van der Waals surface area contributed by atoms with Gasteiger partial charge in [0.1, 0.15) is 23.9 Å². The standard InChI is InChI=1S/C20H25FN4O2/c1-26-18-6-8-19(9-7-18)27-15-10-23-20(22)25-13-11-24(12-14-25)17-4-2-16(21)3-5-17/h2-9H,10-15H2,1H3,(H2,22,23). The molecule has 7 heteroatoms. The van der Waals surface area contributed by atoms with E-state index in [9.17, 15) is 4.39 Å². The fourth-order valence-electron chi connectivity index (χ4n) is 2.94. The molecule has 2 N–H and O–H groups in total. The molecule has 0 unspecified atom stereocenters. The molecule has 0 aromatic heterocycles. The number of nitrogens with zero attached hydrogens (tertiary/aromatic N) is 3. The molecule has 0 aliphatic carbocycles. The Bertz CT molecular complexity index is 742. The second-order valence-electron chi connectivity index (χ2n) is 6.21. The summed E-state index contributed by atoms with van der Waals surface area (Å²) in [7, 11) is 1.63. The summed E-state index contributed by atoms with van der Waals surface area (Å²) < 4.78 is 23.8. The molecule has 6 nitrogen and oxygen atoms in total. The Kier molecular flexibility index (Phi) is 6.35. The molecule has 0 bridgehead atoms. The van der Waals surface area contributed by atoms with Crippen molar-refractivity contribution in [1.82, 2.24) is 4.90 Å². The molecule has 0 radical (unpaired) electrons. The van der Waals surface area contributed by atoms with E-state index in [0.29, 0.717) is 19.1 Å². The predicted molar refractivity (Wildman–Crippen MR) is 105 cm³/mol. The van der Waals surface area contributed by atoms with E-state index < -0.39 is 0 Å². The molecule has 0 spiro atoms. The monoisotopic (exact) mass is 372 g/mol. The van der Waals surface area contributed by atoms with E-state index in [2.05, 4.69) is 14.8 Å². The molecule has 3 rings (SSSR count). The number of ether oxygens (including phenoxy) is 2. The highest BCUT2D eigenvalue weighted by Crippen LogP contribution is 2.18. The van der Waals surface area contributed by atoms with Crippen LogP contribution in [-0.2, 0) is 0 Å². The summed E-state index contributed by atoms with van der Waals surface area (Å²) in [5.74, 6) is 1.89. The van der Waals surface area contributed by atoms with Gasteiger partial charge in [-0.15, -0.1) is 0 Å². The van der Waals surface area contributed by atoms with Gasteiger partial charge in [0.25, 0.3) is 0 Å². The molecule has 1 fully saturated rings. The topological polar surface area (TPSA) is 63.3 Å². The van der Waals surface area contributed by atoms with Gasteiger partial charge >= 0.3 is 0 Å². The molecule has 2 aromatic carbocycles. The van der Waals surface area contributed by atoms with Gasteiger partial charge in [-0.05, 0) is 48.5 Å². The minimum Gasteiger partial charge on any atom is -0.497 e. The number of halogens is 1. The first kappa shape index (κ1) is 18.8. The molecule has 27 heavy (non-hydrogen) atoms. The van der Waals surface area contributed by atoms with Crippen LogP contribution in [0.5, 0.6) is 11.5 Å². The van der Waals surface area contributed by atoms with E-state index in [4.69, 9.17) is 15.2 Å². The zero-order valence-electron chi connectivity index (χ0n) is 15.5. The van der Waals surface area contributed by atoms with Crippen LogP contribution in [0.2, 0.25) is 0 Å². The Morgan fingerprint density at radius 2 is 1.63 bits per heavy atom. The van der Waals surface area contributed by atoms with E-state index in [1.165, 1.54) is 12.1 Å². The number of methoxy groups -OCH3 is 1. The van der Waals surface area contributed by atoms with E-state index in [1.807, 2.05) is 24.3 Å². The Labute approximate surface area is 159 Å². The third-order valence-corrected chi connectivity index (χ3v) is 4.49. The van der Waals surface area contributed by atoms with Crippen LogP contribution in [0.15, 0.2) is 53.5 Å². The SMILES string of the molecule is COc1ccc(OCCN=C(N)N2CCN(c3ccc(F)cc3)CC2)cc1. The van der Waals surface area contributed by atoms with Crippen molar-refractivity contribution in [2.24, 2.45) is 10.7 Å². The molecule has 144 valence electrons. The van der Waals surface area contributed by atoms with Crippen LogP contribution < -0.4 is 20.1 Å². The molecular weight excluding hydrogens is 347 g/mol. The van der Waals surface area contributed by atoms with Gasteiger partial charge in [-0.25, -0.2) is 9.38 Å². The van der Waals surface area contributed by atoms with Crippen molar-refractivity contribution in [3.05, 3.63) is 54.3 Å². The zero-order valence-corrected chi connectivity index (χ0v) is 15.5. The molecule has 0 saturated carbocycles. The zero-order chi connectivity index (χ0) is 19.1. The summed E-state index contributed by atoms with van der Waals surface area (Å²) >= 11 is 0. The van der Waals surface area contributed by atoms with E-state index >= 15 is 0 Å². The lowest BCUT2D eigenvalue weighted by atomic mass is 10.2. The highest BCUT2D eigenvalue weighted by Gasteiger charge is 2.18. The lowest BCUT2D eigenvalue weighted by molar-refractivity contribution is 0.325. The maximum Gasteiger partial charge on any atom is 0.191 e. The number of anilines is 1. The van der Waals surface area contributed by atoms with E-state index in [0.717, 1.165) is 43.4 Å². The number of nitrogens with two attached hydrogens (primary N) is 1. The normalized spacial score (nSPS) is 15.0. The van der Waals surface area contributed by atoms with E-state index in [-0.39, 0.29) is 5.82 Å². The number of benzene rings is 2.